The summed E-state index contributed by atoms with van der Waals surface area (Å²) in [5.41, 5.74) is 2.77. The number of nitrogens with zero attached hydrogens (tertiary/aromatic N) is 2. The van der Waals surface area contributed by atoms with Gasteiger partial charge in [0, 0.05) is 26.7 Å². The molecule has 0 bridgehead atoms. The van der Waals surface area contributed by atoms with Gasteiger partial charge in [0.05, 0.1) is 5.57 Å². The van der Waals surface area contributed by atoms with Crippen LogP contribution in [-0.2, 0) is 0 Å². The Hall–Kier alpha value is -3.43. The molecular weight excluding hydrogens is 461 g/mol. The van der Waals surface area contributed by atoms with Crippen molar-refractivity contribution in [2.75, 3.05) is 5.32 Å². The van der Waals surface area contributed by atoms with Gasteiger partial charge in [0.1, 0.15) is 21.8 Å². The van der Waals surface area contributed by atoms with E-state index in [0.717, 1.165) is 5.56 Å². The van der Waals surface area contributed by atoms with Crippen molar-refractivity contribution in [2.24, 2.45) is 0 Å². The Balaban J connectivity index is 1.79. The highest BCUT2D eigenvalue weighted by molar-refractivity contribution is 7.17. The summed E-state index contributed by atoms with van der Waals surface area (Å²) in [7, 11) is 0. The molecule has 0 aliphatic rings. The van der Waals surface area contributed by atoms with E-state index in [2.05, 4.69) is 16.4 Å². The molecule has 0 aliphatic heterocycles. The fraction of sp³-hybridized carbons (Fsp3) is 0. The van der Waals surface area contributed by atoms with Crippen molar-refractivity contribution in [2.45, 2.75) is 0 Å². The number of rotatable bonds is 5. The number of aromatic nitrogens is 1. The summed E-state index contributed by atoms with van der Waals surface area (Å²) in [6, 6.07) is 25.7. The molecule has 0 unspecified atom stereocenters. The van der Waals surface area contributed by atoms with Gasteiger partial charge in [0.15, 0.2) is 0 Å². The topological polar surface area (TPSA) is 65.8 Å². The number of halogens is 2. The van der Waals surface area contributed by atoms with Crippen LogP contribution in [0.5, 0.6) is 0 Å². The lowest BCUT2D eigenvalue weighted by Crippen LogP contribution is -2.11. The largest absolute Gasteiger partial charge is 0.312 e. The number of thiazole rings is 1. The number of carbonyl (C=O) groups is 1. The molecule has 32 heavy (non-hydrogen) atoms. The van der Waals surface area contributed by atoms with Crippen LogP contribution in [0.3, 0.4) is 0 Å². The van der Waals surface area contributed by atoms with E-state index >= 15 is 0 Å². The highest BCUT2D eigenvalue weighted by Gasteiger charge is 2.19. The molecular formula is C25H15Cl2N3OS. The maximum atomic E-state index is 12.8. The minimum absolute atomic E-state index is 0.255. The van der Waals surface area contributed by atoms with Crippen molar-refractivity contribution < 1.29 is 4.79 Å². The number of allylic oxidation sites excluding steroid dienone is 1. The molecule has 1 N–H and O–H groups in total. The van der Waals surface area contributed by atoms with Crippen LogP contribution in [0.4, 0.5) is 5.00 Å². The molecule has 1 amide bonds. The van der Waals surface area contributed by atoms with E-state index in [-0.39, 0.29) is 5.91 Å². The maximum Gasteiger partial charge on any atom is 0.256 e. The highest BCUT2D eigenvalue weighted by atomic mass is 35.5. The van der Waals surface area contributed by atoms with Gasteiger partial charge in [-0.25, -0.2) is 4.98 Å². The number of hydrogen-bond donors (Lipinski definition) is 1. The van der Waals surface area contributed by atoms with Crippen molar-refractivity contribution in [3.8, 4) is 17.3 Å². The fourth-order valence-electron chi connectivity index (χ4n) is 3.01. The van der Waals surface area contributed by atoms with Gasteiger partial charge in [0.2, 0.25) is 0 Å². The quantitative estimate of drug-likeness (QED) is 0.305. The number of hydrogen-bond acceptors (Lipinski definition) is 4. The molecule has 4 rings (SSSR count). The summed E-state index contributed by atoms with van der Waals surface area (Å²) in [5.74, 6) is -0.255. The lowest BCUT2D eigenvalue weighted by Gasteiger charge is -2.05. The third-order valence-electron chi connectivity index (χ3n) is 4.58. The Labute approximate surface area is 199 Å². The SMILES string of the molecule is N#C/C(=C\c1c(Cl)cccc1Cl)c1nc(-c2ccccc2)c(NC(=O)c2ccccc2)s1. The third-order valence-corrected chi connectivity index (χ3v) is 6.24. The first-order valence-electron chi connectivity index (χ1n) is 9.55. The van der Waals surface area contributed by atoms with Crippen LogP contribution in [0.1, 0.15) is 20.9 Å². The molecule has 0 atom stereocenters. The van der Waals surface area contributed by atoms with E-state index in [4.69, 9.17) is 23.2 Å². The zero-order valence-corrected chi connectivity index (χ0v) is 18.9. The Morgan fingerprint density at radius 2 is 1.56 bits per heavy atom. The van der Waals surface area contributed by atoms with Gasteiger partial charge in [-0.05, 0) is 30.3 Å². The van der Waals surface area contributed by atoms with Crippen LogP contribution in [-0.4, -0.2) is 10.9 Å². The second-order valence-corrected chi connectivity index (χ2v) is 8.50. The number of benzene rings is 3. The van der Waals surface area contributed by atoms with Crippen LogP contribution in [0.15, 0.2) is 78.9 Å². The van der Waals surface area contributed by atoms with Gasteiger partial charge in [-0.2, -0.15) is 5.26 Å². The molecule has 0 radical (unpaired) electrons. The van der Waals surface area contributed by atoms with E-state index in [1.54, 1.807) is 48.5 Å². The fourth-order valence-corrected chi connectivity index (χ4v) is 4.47. The summed E-state index contributed by atoms with van der Waals surface area (Å²) in [6.45, 7) is 0. The number of carbonyl (C=O) groups excluding carboxylic acids is 1. The number of anilines is 1. The van der Waals surface area contributed by atoms with Gasteiger partial charge in [0.25, 0.3) is 5.91 Å². The molecule has 0 aliphatic carbocycles. The first-order chi connectivity index (χ1) is 15.6. The molecule has 0 fully saturated rings. The zero-order valence-electron chi connectivity index (χ0n) is 16.5. The van der Waals surface area contributed by atoms with Gasteiger partial charge in [-0.15, -0.1) is 0 Å². The van der Waals surface area contributed by atoms with Crippen LogP contribution >= 0.6 is 34.5 Å². The van der Waals surface area contributed by atoms with Crippen molar-refractivity contribution in [1.82, 2.24) is 4.98 Å². The summed E-state index contributed by atoms with van der Waals surface area (Å²) >= 11 is 13.8. The summed E-state index contributed by atoms with van der Waals surface area (Å²) < 4.78 is 0. The Kier molecular flexibility index (Phi) is 6.67. The van der Waals surface area contributed by atoms with Crippen LogP contribution in [0.2, 0.25) is 10.0 Å². The van der Waals surface area contributed by atoms with E-state index in [1.807, 2.05) is 36.4 Å². The summed E-state index contributed by atoms with van der Waals surface area (Å²) in [6.07, 6.45) is 1.61. The predicted octanol–water partition coefficient (Wildman–Crippen LogP) is 7.43. The number of amides is 1. The number of nitriles is 1. The molecule has 3 aromatic carbocycles. The second kappa shape index (κ2) is 9.80. The van der Waals surface area contributed by atoms with Crippen molar-refractivity contribution >= 4 is 57.1 Å². The minimum atomic E-state index is -0.255. The Morgan fingerprint density at radius 1 is 0.938 bits per heavy atom. The van der Waals surface area contributed by atoms with E-state index in [0.29, 0.717) is 42.4 Å². The molecule has 0 saturated heterocycles. The first kappa shape index (κ1) is 21.8. The van der Waals surface area contributed by atoms with E-state index in [1.165, 1.54) is 11.3 Å². The molecule has 1 heterocycles. The molecule has 7 heteroatoms. The Bertz CT molecular complexity index is 1320. The van der Waals surface area contributed by atoms with Crippen LogP contribution in [0, 0.1) is 11.3 Å². The van der Waals surface area contributed by atoms with Gasteiger partial charge in [-0.3, -0.25) is 4.79 Å². The normalized spacial score (nSPS) is 11.1. The van der Waals surface area contributed by atoms with E-state index in [9.17, 15) is 10.1 Å². The van der Waals surface area contributed by atoms with Gasteiger partial charge < -0.3 is 5.32 Å². The monoisotopic (exact) mass is 475 g/mol. The molecule has 4 nitrogen and oxygen atoms in total. The second-order valence-electron chi connectivity index (χ2n) is 6.69. The van der Waals surface area contributed by atoms with Crippen molar-refractivity contribution in [3.05, 3.63) is 105 Å². The zero-order chi connectivity index (χ0) is 22.5. The number of nitrogens with one attached hydrogen (secondary N) is 1. The first-order valence-corrected chi connectivity index (χ1v) is 11.1. The smallest absolute Gasteiger partial charge is 0.256 e. The van der Waals surface area contributed by atoms with Gasteiger partial charge in [-0.1, -0.05) is 89.1 Å². The molecule has 156 valence electrons. The molecule has 4 aromatic rings. The predicted molar refractivity (Wildman–Crippen MR) is 132 cm³/mol. The van der Waals surface area contributed by atoms with Crippen LogP contribution in [0.25, 0.3) is 22.9 Å². The molecule has 1 aromatic heterocycles. The molecule has 0 spiro atoms. The summed E-state index contributed by atoms with van der Waals surface area (Å²) in [4.78, 5) is 17.5. The summed E-state index contributed by atoms with van der Waals surface area (Å²) in [5, 5.41) is 14.6. The van der Waals surface area contributed by atoms with Gasteiger partial charge >= 0.3 is 0 Å². The standard InChI is InChI=1S/C25H15Cl2N3OS/c26-20-12-7-13-21(27)19(20)14-18(15-28)24-29-22(16-8-3-1-4-9-16)25(32-24)30-23(31)17-10-5-2-6-11-17/h1-14H,(H,30,31)/b18-14+. The lowest BCUT2D eigenvalue weighted by atomic mass is 10.1. The highest BCUT2D eigenvalue weighted by Crippen LogP contribution is 2.37. The third kappa shape index (κ3) is 4.74. The van der Waals surface area contributed by atoms with E-state index < -0.39 is 0 Å². The average Bonchev–Trinajstić information content (AvgIpc) is 3.23. The van der Waals surface area contributed by atoms with Crippen molar-refractivity contribution in [1.29, 1.82) is 5.26 Å². The van der Waals surface area contributed by atoms with Crippen LogP contribution < -0.4 is 5.32 Å². The molecule has 0 saturated carbocycles. The lowest BCUT2D eigenvalue weighted by molar-refractivity contribution is 0.102. The average molecular weight is 476 g/mol. The minimum Gasteiger partial charge on any atom is -0.312 e. The Morgan fingerprint density at radius 3 is 2.19 bits per heavy atom. The maximum absolute atomic E-state index is 12.8. The van der Waals surface area contributed by atoms with Crippen molar-refractivity contribution in [3.63, 3.8) is 0 Å².